The lowest BCUT2D eigenvalue weighted by atomic mass is 10.2. The second kappa shape index (κ2) is 8.44. The second-order valence-electron chi connectivity index (χ2n) is 5.54. The third-order valence-corrected chi connectivity index (χ3v) is 3.98. The Kier molecular flexibility index (Phi) is 6.31. The molecule has 1 amide bonds. The minimum atomic E-state index is -0.0582. The SMILES string of the molecule is CCNC(=O)C[NH+](CC)[C@@H](C)c1nnc(-c2ccc(OC)cc2)o1. The first kappa shape index (κ1) is 17.9. The molecule has 1 aromatic carbocycles. The van der Waals surface area contributed by atoms with Crippen molar-refractivity contribution in [1.29, 1.82) is 0 Å². The van der Waals surface area contributed by atoms with Crippen molar-refractivity contribution in [2.24, 2.45) is 0 Å². The van der Waals surface area contributed by atoms with Gasteiger partial charge in [0.05, 0.1) is 13.7 Å². The van der Waals surface area contributed by atoms with Crippen molar-refractivity contribution in [3.8, 4) is 17.2 Å². The largest absolute Gasteiger partial charge is 0.497 e. The number of nitrogens with one attached hydrogen (secondary N) is 2. The molecule has 1 aromatic heterocycles. The molecule has 0 bridgehead atoms. The number of carbonyl (C=O) groups is 1. The Bertz CT molecular complexity index is 654. The topological polar surface area (TPSA) is 81.7 Å². The van der Waals surface area contributed by atoms with Gasteiger partial charge in [0, 0.05) is 12.1 Å². The smallest absolute Gasteiger partial charge is 0.275 e. The maximum Gasteiger partial charge on any atom is 0.275 e. The quantitative estimate of drug-likeness (QED) is 0.748. The summed E-state index contributed by atoms with van der Waals surface area (Å²) < 4.78 is 11.0. The molecule has 2 aromatic rings. The number of likely N-dealkylation sites (N-methyl/N-ethyl adjacent to an activating group) is 2. The molecular formula is C17H25N4O3+. The number of nitrogens with zero attached hydrogens (tertiary/aromatic N) is 2. The van der Waals surface area contributed by atoms with E-state index in [-0.39, 0.29) is 11.9 Å². The molecule has 2 rings (SSSR count). The molecule has 7 heteroatoms. The summed E-state index contributed by atoms with van der Waals surface area (Å²) in [5.74, 6) is 1.79. The fourth-order valence-electron chi connectivity index (χ4n) is 2.48. The fourth-order valence-corrected chi connectivity index (χ4v) is 2.48. The van der Waals surface area contributed by atoms with Crippen LogP contribution in [0.2, 0.25) is 0 Å². The number of methoxy groups -OCH3 is 1. The van der Waals surface area contributed by atoms with Gasteiger partial charge in [0.1, 0.15) is 5.75 Å². The van der Waals surface area contributed by atoms with Crippen LogP contribution in [0.4, 0.5) is 0 Å². The molecule has 7 nitrogen and oxygen atoms in total. The highest BCUT2D eigenvalue weighted by Gasteiger charge is 2.26. The summed E-state index contributed by atoms with van der Waals surface area (Å²) in [6.45, 7) is 7.73. The van der Waals surface area contributed by atoms with E-state index in [9.17, 15) is 4.79 Å². The number of ether oxygens (including phenoxy) is 1. The molecule has 0 spiro atoms. The number of benzene rings is 1. The molecule has 0 saturated heterocycles. The number of carbonyl (C=O) groups excluding carboxylic acids is 1. The highest BCUT2D eigenvalue weighted by molar-refractivity contribution is 5.76. The van der Waals surface area contributed by atoms with Crippen LogP contribution in [0.5, 0.6) is 5.75 Å². The molecule has 0 aliphatic rings. The lowest BCUT2D eigenvalue weighted by Gasteiger charge is -2.21. The van der Waals surface area contributed by atoms with E-state index in [1.807, 2.05) is 45.0 Å². The van der Waals surface area contributed by atoms with Gasteiger partial charge in [-0.3, -0.25) is 4.79 Å². The van der Waals surface area contributed by atoms with Gasteiger partial charge in [-0.1, -0.05) is 0 Å². The lowest BCUT2D eigenvalue weighted by Crippen LogP contribution is -3.12. The van der Waals surface area contributed by atoms with Gasteiger partial charge in [-0.15, -0.1) is 10.2 Å². The van der Waals surface area contributed by atoms with Crippen LogP contribution < -0.4 is 15.0 Å². The Hall–Kier alpha value is -2.41. The molecule has 1 heterocycles. The summed E-state index contributed by atoms with van der Waals surface area (Å²) in [4.78, 5) is 12.9. The van der Waals surface area contributed by atoms with E-state index in [4.69, 9.17) is 9.15 Å². The van der Waals surface area contributed by atoms with Crippen LogP contribution >= 0.6 is 0 Å². The summed E-state index contributed by atoms with van der Waals surface area (Å²) in [7, 11) is 1.62. The van der Waals surface area contributed by atoms with Crippen LogP contribution in [0.3, 0.4) is 0 Å². The van der Waals surface area contributed by atoms with Crippen LogP contribution in [0.25, 0.3) is 11.5 Å². The van der Waals surface area contributed by atoms with Crippen molar-refractivity contribution >= 4 is 5.91 Å². The van der Waals surface area contributed by atoms with Crippen LogP contribution in [-0.2, 0) is 4.79 Å². The molecule has 0 saturated carbocycles. The van der Waals surface area contributed by atoms with Gasteiger partial charge in [-0.2, -0.15) is 0 Å². The van der Waals surface area contributed by atoms with Gasteiger partial charge in [0.2, 0.25) is 5.89 Å². The van der Waals surface area contributed by atoms with Gasteiger partial charge in [0.25, 0.3) is 11.8 Å². The molecule has 2 atom stereocenters. The van der Waals surface area contributed by atoms with Gasteiger partial charge in [0.15, 0.2) is 12.6 Å². The molecule has 24 heavy (non-hydrogen) atoms. The molecule has 130 valence electrons. The Labute approximate surface area is 142 Å². The van der Waals surface area contributed by atoms with Crippen molar-refractivity contribution in [2.45, 2.75) is 26.8 Å². The predicted octanol–water partition coefficient (Wildman–Crippen LogP) is 0.847. The third-order valence-electron chi connectivity index (χ3n) is 3.98. The van der Waals surface area contributed by atoms with Gasteiger partial charge in [-0.05, 0) is 45.0 Å². The summed E-state index contributed by atoms with van der Waals surface area (Å²) in [6, 6.07) is 7.39. The Morgan fingerprint density at radius 1 is 1.29 bits per heavy atom. The van der Waals surface area contributed by atoms with Crippen molar-refractivity contribution in [3.05, 3.63) is 30.2 Å². The minimum absolute atomic E-state index is 0.0242. The Morgan fingerprint density at radius 2 is 2.00 bits per heavy atom. The molecule has 0 fully saturated rings. The van der Waals surface area contributed by atoms with Crippen LogP contribution in [0, 0.1) is 0 Å². The number of hydrogen-bond donors (Lipinski definition) is 2. The highest BCUT2D eigenvalue weighted by Crippen LogP contribution is 2.22. The number of hydrogen-bond acceptors (Lipinski definition) is 5. The first-order valence-corrected chi connectivity index (χ1v) is 8.18. The summed E-state index contributed by atoms with van der Waals surface area (Å²) in [5, 5.41) is 11.1. The lowest BCUT2D eigenvalue weighted by molar-refractivity contribution is -0.921. The number of amides is 1. The summed E-state index contributed by atoms with van der Waals surface area (Å²) >= 11 is 0. The monoisotopic (exact) mass is 333 g/mol. The van der Waals surface area contributed by atoms with Gasteiger partial charge in [-0.25, -0.2) is 0 Å². The number of aromatic nitrogens is 2. The highest BCUT2D eigenvalue weighted by atomic mass is 16.5. The maximum atomic E-state index is 11.8. The van der Waals surface area contributed by atoms with Crippen molar-refractivity contribution in [1.82, 2.24) is 15.5 Å². The van der Waals surface area contributed by atoms with E-state index in [1.165, 1.54) is 0 Å². The van der Waals surface area contributed by atoms with Crippen LogP contribution in [0.1, 0.15) is 32.7 Å². The average molecular weight is 333 g/mol. The normalized spacial score (nSPS) is 13.3. The van der Waals surface area contributed by atoms with Crippen molar-refractivity contribution < 1.29 is 18.8 Å². The minimum Gasteiger partial charge on any atom is -0.497 e. The van der Waals surface area contributed by atoms with E-state index in [0.29, 0.717) is 24.9 Å². The summed E-state index contributed by atoms with van der Waals surface area (Å²) in [5.41, 5.74) is 0.837. The maximum absolute atomic E-state index is 11.8. The van der Waals surface area contributed by atoms with E-state index in [2.05, 4.69) is 15.5 Å². The molecular weight excluding hydrogens is 308 g/mol. The van der Waals surface area contributed by atoms with E-state index in [0.717, 1.165) is 22.8 Å². The van der Waals surface area contributed by atoms with Crippen molar-refractivity contribution in [3.63, 3.8) is 0 Å². The first-order chi connectivity index (χ1) is 11.6. The van der Waals surface area contributed by atoms with Gasteiger partial charge < -0.3 is 19.4 Å². The van der Waals surface area contributed by atoms with Gasteiger partial charge >= 0.3 is 0 Å². The zero-order chi connectivity index (χ0) is 17.5. The zero-order valence-electron chi connectivity index (χ0n) is 14.6. The third kappa shape index (κ3) is 4.32. The number of quaternary nitrogens is 1. The predicted molar refractivity (Wildman–Crippen MR) is 89.8 cm³/mol. The van der Waals surface area contributed by atoms with E-state index >= 15 is 0 Å². The zero-order valence-corrected chi connectivity index (χ0v) is 14.6. The molecule has 0 radical (unpaired) electrons. The first-order valence-electron chi connectivity index (χ1n) is 8.18. The van der Waals surface area contributed by atoms with Crippen molar-refractivity contribution in [2.75, 3.05) is 26.7 Å². The summed E-state index contributed by atoms with van der Waals surface area (Å²) in [6.07, 6.45) is 0. The molecule has 2 N–H and O–H groups in total. The van der Waals surface area contributed by atoms with E-state index in [1.54, 1.807) is 7.11 Å². The molecule has 0 aliphatic carbocycles. The van der Waals surface area contributed by atoms with Crippen LogP contribution in [-0.4, -0.2) is 42.8 Å². The average Bonchev–Trinajstić information content (AvgIpc) is 3.09. The molecule has 0 aliphatic heterocycles. The van der Waals surface area contributed by atoms with E-state index < -0.39 is 0 Å². The Morgan fingerprint density at radius 3 is 2.58 bits per heavy atom. The second-order valence-corrected chi connectivity index (χ2v) is 5.54. The fraction of sp³-hybridized carbons (Fsp3) is 0.471. The Balaban J connectivity index is 2.10. The standard InChI is InChI=1S/C17H24N4O3/c1-5-18-15(22)11-21(6-2)12(3)16-19-20-17(24-16)13-7-9-14(23-4)10-8-13/h7-10,12H,5-6,11H2,1-4H3,(H,18,22)/p+1/t12-/m0/s1. The molecule has 1 unspecified atom stereocenters. The number of rotatable bonds is 8. The van der Waals surface area contributed by atoms with Crippen LogP contribution in [0.15, 0.2) is 28.7 Å².